The molecule has 0 bridgehead atoms. The second-order valence-electron chi connectivity index (χ2n) is 7.50. The highest BCUT2D eigenvalue weighted by molar-refractivity contribution is 6.03. The minimum Gasteiger partial charge on any atom is -0.494 e. The zero-order valence-corrected chi connectivity index (χ0v) is 17.1. The number of benzene rings is 1. The molecule has 7 heteroatoms. The van der Waals surface area contributed by atoms with Crippen LogP contribution in [0.4, 0.5) is 5.69 Å². The number of hydrogen-bond donors (Lipinski definition) is 4. The van der Waals surface area contributed by atoms with E-state index in [1.54, 1.807) is 21.1 Å². The third kappa shape index (κ3) is 3.15. The number of fused-ring (bicyclic) bond motifs is 2. The summed E-state index contributed by atoms with van der Waals surface area (Å²) in [5.74, 6) is 1.40. The molecule has 3 rings (SSSR count). The summed E-state index contributed by atoms with van der Waals surface area (Å²) in [4.78, 5) is 16.5. The van der Waals surface area contributed by atoms with E-state index in [9.17, 15) is 4.79 Å². The Morgan fingerprint density at radius 3 is 2.61 bits per heavy atom. The average molecular weight is 383 g/mol. The molecule has 1 saturated carbocycles. The van der Waals surface area contributed by atoms with Gasteiger partial charge in [-0.1, -0.05) is 19.3 Å². The molecule has 7 nitrogen and oxygen atoms in total. The summed E-state index contributed by atoms with van der Waals surface area (Å²) in [5.41, 5.74) is 3.65. The second-order valence-corrected chi connectivity index (χ2v) is 7.50. The van der Waals surface area contributed by atoms with Crippen molar-refractivity contribution in [3.8, 4) is 5.75 Å². The highest BCUT2D eigenvalue weighted by Crippen LogP contribution is 2.50. The van der Waals surface area contributed by atoms with Crippen LogP contribution in [0.2, 0.25) is 0 Å². The van der Waals surface area contributed by atoms with E-state index in [2.05, 4.69) is 27.7 Å². The van der Waals surface area contributed by atoms with Gasteiger partial charge in [0.15, 0.2) is 0 Å². The van der Waals surface area contributed by atoms with Crippen molar-refractivity contribution in [3.63, 3.8) is 0 Å². The van der Waals surface area contributed by atoms with Gasteiger partial charge in [0.2, 0.25) is 0 Å². The first kappa shape index (κ1) is 19.9. The lowest BCUT2D eigenvalue weighted by atomic mass is 9.76. The molecule has 1 aliphatic heterocycles. The first-order chi connectivity index (χ1) is 13.4. The Balaban J connectivity index is 2.16. The van der Waals surface area contributed by atoms with E-state index >= 15 is 0 Å². The zero-order valence-electron chi connectivity index (χ0n) is 17.1. The fourth-order valence-corrected chi connectivity index (χ4v) is 4.44. The number of rotatable bonds is 5. The van der Waals surface area contributed by atoms with Gasteiger partial charge in [-0.15, -0.1) is 0 Å². The van der Waals surface area contributed by atoms with Crippen molar-refractivity contribution in [3.05, 3.63) is 34.2 Å². The Morgan fingerprint density at radius 1 is 1.36 bits per heavy atom. The first-order valence-corrected chi connectivity index (χ1v) is 9.64. The topological polar surface area (TPSA) is 98.6 Å². The molecule has 28 heavy (non-hydrogen) atoms. The van der Waals surface area contributed by atoms with Crippen molar-refractivity contribution in [2.24, 2.45) is 4.99 Å². The van der Waals surface area contributed by atoms with Gasteiger partial charge >= 0.3 is 0 Å². The van der Waals surface area contributed by atoms with Gasteiger partial charge < -0.3 is 20.7 Å². The highest BCUT2D eigenvalue weighted by Gasteiger charge is 2.47. The molecule has 0 atom stereocenters. The van der Waals surface area contributed by atoms with E-state index in [-0.39, 0.29) is 17.3 Å². The lowest BCUT2D eigenvalue weighted by molar-refractivity contribution is 0.0908. The Morgan fingerprint density at radius 2 is 2.04 bits per heavy atom. The number of methoxy groups -OCH3 is 1. The predicted molar refractivity (Wildman–Crippen MR) is 113 cm³/mol. The quantitative estimate of drug-likeness (QED) is 0.462. The minimum absolute atomic E-state index is 0.0163. The Kier molecular flexibility index (Phi) is 5.45. The zero-order chi connectivity index (χ0) is 20.5. The molecular formula is C21H29N5O2. The van der Waals surface area contributed by atoms with E-state index in [4.69, 9.17) is 10.1 Å². The SMILES string of the molecule is C=NC(=N)C(C)=C(NC)Nc1cc(C)c2c(c1OC)C1(CCCCC1)NC2=O. The van der Waals surface area contributed by atoms with Crippen LogP contribution in [0.5, 0.6) is 5.75 Å². The van der Waals surface area contributed by atoms with Gasteiger partial charge in [-0.3, -0.25) is 10.2 Å². The molecule has 1 aromatic rings. The van der Waals surface area contributed by atoms with Crippen molar-refractivity contribution < 1.29 is 9.53 Å². The van der Waals surface area contributed by atoms with Gasteiger partial charge in [0.1, 0.15) is 17.4 Å². The highest BCUT2D eigenvalue weighted by atomic mass is 16.5. The number of anilines is 1. The predicted octanol–water partition coefficient (Wildman–Crippen LogP) is 3.45. The monoisotopic (exact) mass is 383 g/mol. The molecule has 1 heterocycles. The molecule has 1 fully saturated rings. The molecule has 1 aromatic carbocycles. The van der Waals surface area contributed by atoms with E-state index in [0.29, 0.717) is 17.1 Å². The molecular weight excluding hydrogens is 354 g/mol. The van der Waals surface area contributed by atoms with E-state index in [1.165, 1.54) is 6.42 Å². The van der Waals surface area contributed by atoms with E-state index in [0.717, 1.165) is 48.1 Å². The van der Waals surface area contributed by atoms with Crippen LogP contribution < -0.4 is 20.7 Å². The fraction of sp³-hybridized carbons (Fsp3) is 0.476. The van der Waals surface area contributed by atoms with Crippen LogP contribution >= 0.6 is 0 Å². The number of nitrogens with zero attached hydrogens (tertiary/aromatic N) is 1. The summed E-state index contributed by atoms with van der Waals surface area (Å²) >= 11 is 0. The third-order valence-corrected chi connectivity index (χ3v) is 5.84. The smallest absolute Gasteiger partial charge is 0.252 e. The van der Waals surface area contributed by atoms with Crippen LogP contribution in [0.25, 0.3) is 0 Å². The van der Waals surface area contributed by atoms with Crippen molar-refractivity contribution in [2.75, 3.05) is 19.5 Å². The van der Waals surface area contributed by atoms with Crippen LogP contribution in [0.1, 0.15) is 60.5 Å². The van der Waals surface area contributed by atoms with Crippen LogP contribution in [-0.2, 0) is 5.54 Å². The number of aryl methyl sites for hydroxylation is 1. The number of nitrogens with one attached hydrogen (secondary N) is 4. The standard InChI is InChI=1S/C21H29N5O2/c1-12-11-14(25-19(24-4)13(2)18(22)23-3)17(28-5)16-15(12)20(27)26-21(16)9-7-6-8-10-21/h11,22,24-25H,3,6-10H2,1-2,4-5H3,(H,26,27). The third-order valence-electron chi connectivity index (χ3n) is 5.84. The molecule has 150 valence electrons. The molecule has 0 radical (unpaired) electrons. The number of carbonyl (C=O) groups is 1. The first-order valence-electron chi connectivity index (χ1n) is 9.64. The Bertz CT molecular complexity index is 866. The maximum atomic E-state index is 12.8. The van der Waals surface area contributed by atoms with Gasteiger partial charge in [-0.05, 0) is 45.0 Å². The molecule has 1 spiro atoms. The maximum absolute atomic E-state index is 12.8. The summed E-state index contributed by atoms with van der Waals surface area (Å²) in [7, 11) is 3.42. The summed E-state index contributed by atoms with van der Waals surface area (Å²) in [6, 6.07) is 1.93. The van der Waals surface area contributed by atoms with Gasteiger partial charge in [0.25, 0.3) is 5.91 Å². The van der Waals surface area contributed by atoms with Crippen molar-refractivity contribution in [1.82, 2.24) is 10.6 Å². The largest absolute Gasteiger partial charge is 0.494 e. The van der Waals surface area contributed by atoms with E-state index < -0.39 is 0 Å². The number of aliphatic imine (C=N–C) groups is 1. The van der Waals surface area contributed by atoms with Gasteiger partial charge in [-0.25, -0.2) is 4.99 Å². The number of amides is 1. The van der Waals surface area contributed by atoms with Crippen LogP contribution in [0.15, 0.2) is 22.5 Å². The average Bonchev–Trinajstić information content (AvgIpc) is 2.97. The van der Waals surface area contributed by atoms with Crippen molar-refractivity contribution in [1.29, 1.82) is 5.41 Å². The number of hydrogen-bond acceptors (Lipinski definition) is 5. The lowest BCUT2D eigenvalue weighted by Crippen LogP contribution is -2.41. The maximum Gasteiger partial charge on any atom is 0.252 e. The van der Waals surface area contributed by atoms with Crippen molar-refractivity contribution >= 4 is 24.1 Å². The van der Waals surface area contributed by atoms with Gasteiger partial charge in [-0.2, -0.15) is 0 Å². The van der Waals surface area contributed by atoms with Crippen LogP contribution in [0, 0.1) is 12.3 Å². The van der Waals surface area contributed by atoms with Crippen molar-refractivity contribution in [2.45, 2.75) is 51.5 Å². The Labute approximate surface area is 166 Å². The summed E-state index contributed by atoms with van der Waals surface area (Å²) in [6.45, 7) is 7.19. The number of ether oxygens (including phenoxy) is 1. The summed E-state index contributed by atoms with van der Waals surface area (Å²) in [5, 5.41) is 17.6. The fourth-order valence-electron chi connectivity index (χ4n) is 4.44. The molecule has 1 amide bonds. The van der Waals surface area contributed by atoms with Gasteiger partial charge in [0, 0.05) is 18.2 Å². The normalized spacial score (nSPS) is 18.1. The lowest BCUT2D eigenvalue weighted by Gasteiger charge is -2.35. The number of carbonyl (C=O) groups excluding carboxylic acids is 1. The van der Waals surface area contributed by atoms with E-state index in [1.807, 2.05) is 13.0 Å². The second kappa shape index (κ2) is 7.66. The molecule has 1 aliphatic carbocycles. The molecule has 4 N–H and O–H groups in total. The van der Waals surface area contributed by atoms with Gasteiger partial charge in [0.05, 0.1) is 23.9 Å². The molecule has 2 aliphatic rings. The number of amidine groups is 1. The summed E-state index contributed by atoms with van der Waals surface area (Å²) < 4.78 is 5.84. The van der Waals surface area contributed by atoms with Crippen LogP contribution in [0.3, 0.4) is 0 Å². The molecule has 0 aromatic heterocycles. The van der Waals surface area contributed by atoms with Crippen LogP contribution in [-0.4, -0.2) is 32.6 Å². The summed E-state index contributed by atoms with van der Waals surface area (Å²) in [6.07, 6.45) is 5.20. The molecule has 0 unspecified atom stereocenters. The minimum atomic E-state index is -0.355. The Hall–Kier alpha value is -2.83. The molecule has 0 saturated heterocycles.